The molecule has 3 atom stereocenters. The smallest absolute Gasteiger partial charge is 0.255 e. The van der Waals surface area contributed by atoms with Crippen LogP contribution in [0.1, 0.15) is 53.0 Å². The molecule has 0 bridgehead atoms. The van der Waals surface area contributed by atoms with Crippen molar-refractivity contribution in [3.8, 4) is 39.4 Å². The van der Waals surface area contributed by atoms with E-state index in [2.05, 4.69) is 21.7 Å². The van der Waals surface area contributed by atoms with Gasteiger partial charge in [-0.2, -0.15) is 5.26 Å². The second-order valence-corrected chi connectivity index (χ2v) is 19.5. The van der Waals surface area contributed by atoms with E-state index in [1.54, 1.807) is 39.9 Å². The molecule has 3 aromatic carbocycles. The number of imidazole rings is 2. The third kappa shape index (κ3) is 8.90. The number of aliphatic hydroxyl groups is 1. The number of pyridine rings is 1. The van der Waals surface area contributed by atoms with Crippen LogP contribution in [0.5, 0.6) is 11.5 Å². The molecule has 358 valence electrons. The van der Waals surface area contributed by atoms with Gasteiger partial charge in [-0.15, -0.1) is 11.3 Å². The number of hydrogen-bond donors (Lipinski definition) is 3. The fourth-order valence-electron chi connectivity index (χ4n) is 9.36. The van der Waals surface area contributed by atoms with Crippen LogP contribution in [0.25, 0.3) is 42.7 Å². The Labute approximate surface area is 410 Å². The van der Waals surface area contributed by atoms with Gasteiger partial charge in [-0.1, -0.05) is 55.5 Å². The number of fused-ring (bicyclic) bond motifs is 5. The minimum absolute atomic E-state index is 0.00452. The molecule has 2 aliphatic rings. The summed E-state index contributed by atoms with van der Waals surface area (Å²) in [6.07, 6.45) is 2.99. The van der Waals surface area contributed by atoms with Crippen LogP contribution in [0.4, 0.5) is 5.82 Å². The molecule has 0 spiro atoms. The number of aryl methyl sites for hydroxylation is 1. The Hall–Kier alpha value is -7.37. The van der Waals surface area contributed by atoms with Crippen molar-refractivity contribution in [3.63, 3.8) is 0 Å². The molecule has 3 amide bonds. The summed E-state index contributed by atoms with van der Waals surface area (Å²) in [5.41, 5.74) is 9.37. The number of hydrogen-bond acceptors (Lipinski definition) is 14. The Morgan fingerprint density at radius 1 is 1.00 bits per heavy atom. The Bertz CT molecular complexity index is 3330. The van der Waals surface area contributed by atoms with Gasteiger partial charge in [0.25, 0.3) is 5.91 Å². The number of anilines is 1. The average Bonchev–Trinajstić information content (AvgIpc) is 4.23. The van der Waals surface area contributed by atoms with Gasteiger partial charge in [-0.25, -0.2) is 15.0 Å². The molecule has 0 saturated carbocycles. The number of ether oxygens (including phenoxy) is 3. The molecule has 1 saturated heterocycles. The highest BCUT2D eigenvalue weighted by atomic mass is 32.1. The number of nitriles is 1. The number of amides is 3. The standard InChI is InChI=1S/C51H50N10O7S2/c1-29(2)45(61-25-34-7-5-6-8-37(34)49(61)64)50(65)59-26-35(62)21-40(59)48(63)54-24-33-10-9-32(46-30(3)55-28-69-46)20-41(33)68-18-16-66-15-17-67-36-11-12-39-42(22-36)70-51-56-38(27-60(39)51)44-47(53-4)58-14-13-31(23-52)19-43(58)57-44/h5-14,19-20,22,27-29,35,40,45,53,62H,15-18,21,24-26H2,1-4H3,(H,54,63)/t35-,40+,45+/m1/s1. The monoisotopic (exact) mass is 978 g/mol. The van der Waals surface area contributed by atoms with E-state index in [4.69, 9.17) is 24.2 Å². The highest BCUT2D eigenvalue weighted by Gasteiger charge is 2.46. The number of aromatic nitrogens is 5. The largest absolute Gasteiger partial charge is 0.491 e. The van der Waals surface area contributed by atoms with Crippen LogP contribution in [0.2, 0.25) is 0 Å². The molecular formula is C51H50N10O7S2. The van der Waals surface area contributed by atoms with Crippen molar-refractivity contribution in [1.82, 2.24) is 38.9 Å². The van der Waals surface area contributed by atoms with Crippen molar-refractivity contribution in [2.75, 3.05) is 45.3 Å². The summed E-state index contributed by atoms with van der Waals surface area (Å²) in [4.78, 5) is 60.6. The first-order chi connectivity index (χ1) is 34.0. The Kier molecular flexibility index (Phi) is 13.0. The lowest BCUT2D eigenvalue weighted by atomic mass is 10.0. The molecule has 1 fully saturated rings. The number of carbonyl (C=O) groups is 3. The van der Waals surface area contributed by atoms with Crippen LogP contribution >= 0.6 is 22.7 Å². The first-order valence-corrected chi connectivity index (χ1v) is 24.7. The fourth-order valence-corrected chi connectivity index (χ4v) is 11.2. The van der Waals surface area contributed by atoms with Crippen molar-refractivity contribution < 1.29 is 33.7 Å². The number of β-amino-alcohol motifs (C(OH)–C–C–N with tert-alkyl or cyclic N) is 1. The van der Waals surface area contributed by atoms with Gasteiger partial charge in [0.1, 0.15) is 59.6 Å². The van der Waals surface area contributed by atoms with E-state index in [-0.39, 0.29) is 50.5 Å². The Morgan fingerprint density at radius 3 is 2.60 bits per heavy atom. The lowest BCUT2D eigenvalue weighted by Gasteiger charge is -2.35. The maximum atomic E-state index is 14.3. The minimum atomic E-state index is -0.917. The number of carbonyl (C=O) groups excluding carboxylic acids is 3. The van der Waals surface area contributed by atoms with Crippen molar-refractivity contribution in [2.24, 2.45) is 5.92 Å². The lowest BCUT2D eigenvalue weighted by molar-refractivity contribution is -0.143. The van der Waals surface area contributed by atoms with Gasteiger partial charge in [-0.05, 0) is 66.4 Å². The zero-order valence-electron chi connectivity index (χ0n) is 38.9. The summed E-state index contributed by atoms with van der Waals surface area (Å²) >= 11 is 3.08. The predicted octanol–water partition coefficient (Wildman–Crippen LogP) is 6.94. The SMILES string of the molecule is CNc1c(-c2cn3c(n2)sc2cc(OCCOCCOc4cc(-c5scnc5C)ccc4CNC(=O)[C@@H]4C[C@@H](O)CN4C(=O)[C@H](C(C)C)N4Cc5ccccc5C4=O)ccc23)nc2cc(C#N)ccn12. The number of thiazole rings is 2. The molecule has 3 N–H and O–H groups in total. The van der Waals surface area contributed by atoms with E-state index in [1.165, 1.54) is 16.2 Å². The lowest BCUT2D eigenvalue weighted by Crippen LogP contribution is -2.55. The third-order valence-electron chi connectivity index (χ3n) is 12.7. The van der Waals surface area contributed by atoms with Gasteiger partial charge in [0.15, 0.2) is 4.96 Å². The predicted molar refractivity (Wildman–Crippen MR) is 266 cm³/mol. The van der Waals surface area contributed by atoms with Crippen molar-refractivity contribution in [3.05, 3.63) is 119 Å². The van der Waals surface area contributed by atoms with Gasteiger partial charge in [0.2, 0.25) is 11.8 Å². The summed E-state index contributed by atoms with van der Waals surface area (Å²) in [6, 6.07) is 23.0. The van der Waals surface area contributed by atoms with Crippen molar-refractivity contribution in [2.45, 2.75) is 58.5 Å². The van der Waals surface area contributed by atoms with Gasteiger partial charge >= 0.3 is 0 Å². The normalized spacial score (nSPS) is 16.1. The van der Waals surface area contributed by atoms with Crippen LogP contribution < -0.4 is 20.1 Å². The Balaban J connectivity index is 0.747. The van der Waals surface area contributed by atoms with Crippen molar-refractivity contribution in [1.29, 1.82) is 5.26 Å². The summed E-state index contributed by atoms with van der Waals surface area (Å²) in [5, 5.41) is 26.4. The molecule has 0 unspecified atom stereocenters. The molecule has 70 heavy (non-hydrogen) atoms. The van der Waals surface area contributed by atoms with Crippen molar-refractivity contribution >= 4 is 67.0 Å². The number of rotatable bonds is 17. The van der Waals surface area contributed by atoms with Crippen LogP contribution in [-0.2, 0) is 27.4 Å². The molecule has 5 aromatic heterocycles. The summed E-state index contributed by atoms with van der Waals surface area (Å²) in [6.45, 7) is 7.29. The van der Waals surface area contributed by atoms with E-state index in [0.717, 1.165) is 54.0 Å². The zero-order chi connectivity index (χ0) is 48.6. The van der Waals surface area contributed by atoms with Gasteiger partial charge in [-0.3, -0.25) is 23.2 Å². The highest BCUT2D eigenvalue weighted by Crippen LogP contribution is 2.36. The fraction of sp³-hybridized carbons (Fsp3) is 0.314. The van der Waals surface area contributed by atoms with Crippen LogP contribution in [0, 0.1) is 24.2 Å². The molecule has 2 aliphatic heterocycles. The maximum absolute atomic E-state index is 14.3. The molecule has 19 heteroatoms. The quantitative estimate of drug-likeness (QED) is 0.0795. The molecule has 0 aliphatic carbocycles. The molecule has 17 nitrogen and oxygen atoms in total. The number of aliphatic hydroxyl groups excluding tert-OH is 1. The number of benzene rings is 3. The summed E-state index contributed by atoms with van der Waals surface area (Å²) < 4.78 is 23.3. The molecule has 7 heterocycles. The molecular weight excluding hydrogens is 929 g/mol. The topological polar surface area (TPSA) is 201 Å². The maximum Gasteiger partial charge on any atom is 0.255 e. The second kappa shape index (κ2) is 19.6. The van der Waals surface area contributed by atoms with E-state index in [0.29, 0.717) is 53.7 Å². The van der Waals surface area contributed by atoms with Crippen LogP contribution in [0.3, 0.4) is 0 Å². The highest BCUT2D eigenvalue weighted by molar-refractivity contribution is 7.23. The summed E-state index contributed by atoms with van der Waals surface area (Å²) in [5.74, 6) is 0.851. The molecule has 0 radical (unpaired) electrons. The first kappa shape index (κ1) is 46.4. The summed E-state index contributed by atoms with van der Waals surface area (Å²) in [7, 11) is 1.83. The average molecular weight is 979 g/mol. The van der Waals surface area contributed by atoms with Gasteiger partial charge < -0.3 is 39.8 Å². The van der Waals surface area contributed by atoms with E-state index >= 15 is 0 Å². The van der Waals surface area contributed by atoms with E-state index in [1.807, 2.05) is 104 Å². The van der Waals surface area contributed by atoms with Crippen LogP contribution in [-0.4, -0.2) is 115 Å². The number of likely N-dealkylation sites (tertiary alicyclic amines) is 1. The third-order valence-corrected chi connectivity index (χ3v) is 14.7. The molecule has 10 rings (SSSR count). The Morgan fingerprint density at radius 2 is 1.83 bits per heavy atom. The molecule has 8 aromatic rings. The zero-order valence-corrected chi connectivity index (χ0v) is 40.6. The van der Waals surface area contributed by atoms with Gasteiger partial charge in [0.05, 0.1) is 57.2 Å². The number of nitrogens with one attached hydrogen (secondary N) is 2. The van der Waals surface area contributed by atoms with Gasteiger partial charge in [0, 0.05) is 56.6 Å². The van der Waals surface area contributed by atoms with Crippen LogP contribution in [0.15, 0.2) is 90.7 Å². The van der Waals surface area contributed by atoms with E-state index in [9.17, 15) is 24.8 Å². The van der Waals surface area contributed by atoms with E-state index < -0.39 is 24.1 Å². The minimum Gasteiger partial charge on any atom is -0.491 e. The first-order valence-electron chi connectivity index (χ1n) is 23.0. The number of nitrogens with zero attached hydrogens (tertiary/aromatic N) is 8. The second-order valence-electron chi connectivity index (χ2n) is 17.6.